The van der Waals surface area contributed by atoms with E-state index in [1.807, 2.05) is 47.8 Å². The van der Waals surface area contributed by atoms with E-state index < -0.39 is 5.97 Å². The molecule has 6 nitrogen and oxygen atoms in total. The molecule has 0 fully saturated rings. The van der Waals surface area contributed by atoms with Crippen LogP contribution in [-0.4, -0.2) is 20.6 Å². The van der Waals surface area contributed by atoms with Crippen molar-refractivity contribution in [2.75, 3.05) is 0 Å². The molecule has 158 valence electrons. The topological polar surface area (TPSA) is 85.3 Å². The molecular weight excluding hydrogens is 424 g/mol. The highest BCUT2D eigenvalue weighted by Crippen LogP contribution is 2.32. The third kappa shape index (κ3) is 3.52. The van der Waals surface area contributed by atoms with Gasteiger partial charge in [0.15, 0.2) is 0 Å². The van der Waals surface area contributed by atoms with Crippen molar-refractivity contribution in [2.24, 2.45) is 0 Å². The minimum atomic E-state index is -1.15. The van der Waals surface area contributed by atoms with Crippen LogP contribution in [0.25, 0.3) is 32.5 Å². The van der Waals surface area contributed by atoms with Gasteiger partial charge in [-0.1, -0.05) is 54.6 Å². The molecule has 2 aromatic carbocycles. The van der Waals surface area contributed by atoms with Crippen LogP contribution in [0.1, 0.15) is 22.1 Å². The number of hydrogen-bond acceptors (Lipinski definition) is 5. The van der Waals surface area contributed by atoms with Crippen molar-refractivity contribution in [1.82, 2.24) is 9.55 Å². The number of aryl methyl sites for hydroxylation is 1. The summed E-state index contributed by atoms with van der Waals surface area (Å²) >= 11 is 1.44. The number of fused-ring (bicyclic) bond motifs is 1. The van der Waals surface area contributed by atoms with Crippen LogP contribution in [0.2, 0.25) is 0 Å². The van der Waals surface area contributed by atoms with E-state index in [4.69, 9.17) is 9.52 Å². The lowest BCUT2D eigenvalue weighted by molar-refractivity contribution is 0.0660. The number of aromatic carboxylic acids is 1. The Morgan fingerprint density at radius 2 is 1.69 bits per heavy atom. The number of benzene rings is 2. The molecule has 0 aliphatic heterocycles. The molecule has 0 saturated carbocycles. The molecular formula is C25H18N2O4S. The van der Waals surface area contributed by atoms with Crippen LogP contribution in [0, 0.1) is 6.92 Å². The zero-order chi connectivity index (χ0) is 22.2. The lowest BCUT2D eigenvalue weighted by Crippen LogP contribution is -2.24. The zero-order valence-corrected chi connectivity index (χ0v) is 17.9. The van der Waals surface area contributed by atoms with Crippen LogP contribution in [0.4, 0.5) is 0 Å². The summed E-state index contributed by atoms with van der Waals surface area (Å²) in [6.45, 7) is 1.87. The maximum absolute atomic E-state index is 13.4. The van der Waals surface area contributed by atoms with E-state index in [0.29, 0.717) is 21.8 Å². The Bertz CT molecular complexity index is 1500. The van der Waals surface area contributed by atoms with Gasteiger partial charge in [-0.15, -0.1) is 11.3 Å². The largest absolute Gasteiger partial charge is 0.475 e. The SMILES string of the molecule is Cc1nc2scc(-c3ccc(-c4ccccc4)cc3)c2c(=O)n1Cc1ccc(C(=O)O)o1. The molecule has 3 heterocycles. The number of nitrogens with zero attached hydrogens (tertiary/aromatic N) is 2. The summed E-state index contributed by atoms with van der Waals surface area (Å²) < 4.78 is 6.85. The van der Waals surface area contributed by atoms with Crippen molar-refractivity contribution in [3.63, 3.8) is 0 Å². The molecule has 0 spiro atoms. The predicted molar refractivity (Wildman–Crippen MR) is 124 cm³/mol. The van der Waals surface area contributed by atoms with E-state index in [1.165, 1.54) is 22.0 Å². The molecule has 32 heavy (non-hydrogen) atoms. The van der Waals surface area contributed by atoms with Gasteiger partial charge in [-0.25, -0.2) is 9.78 Å². The fraction of sp³-hybridized carbons (Fsp3) is 0.0800. The van der Waals surface area contributed by atoms with Gasteiger partial charge >= 0.3 is 5.97 Å². The Labute approximate surface area is 187 Å². The summed E-state index contributed by atoms with van der Waals surface area (Å²) in [5.74, 6) is -0.372. The summed E-state index contributed by atoms with van der Waals surface area (Å²) in [6, 6.07) is 21.2. The number of carboxylic acid groups (broad SMARTS) is 1. The summed E-state index contributed by atoms with van der Waals surface area (Å²) in [5, 5.41) is 11.6. The predicted octanol–water partition coefficient (Wildman–Crippen LogP) is 5.44. The first kappa shape index (κ1) is 20.0. The third-order valence-electron chi connectivity index (χ3n) is 5.37. The van der Waals surface area contributed by atoms with Crippen LogP contribution < -0.4 is 5.56 Å². The van der Waals surface area contributed by atoms with E-state index >= 15 is 0 Å². The van der Waals surface area contributed by atoms with Crippen molar-refractivity contribution in [2.45, 2.75) is 13.5 Å². The molecule has 5 rings (SSSR count). The molecule has 1 N–H and O–H groups in total. The molecule has 3 aromatic heterocycles. The second-order valence-corrected chi connectivity index (χ2v) is 8.25. The van der Waals surface area contributed by atoms with Crippen molar-refractivity contribution in [3.8, 4) is 22.3 Å². The van der Waals surface area contributed by atoms with Crippen LogP contribution in [0.3, 0.4) is 0 Å². The monoisotopic (exact) mass is 442 g/mol. The van der Waals surface area contributed by atoms with Crippen molar-refractivity contribution >= 4 is 27.5 Å². The lowest BCUT2D eigenvalue weighted by Gasteiger charge is -2.09. The van der Waals surface area contributed by atoms with E-state index in [-0.39, 0.29) is 17.9 Å². The van der Waals surface area contributed by atoms with Gasteiger partial charge in [0.1, 0.15) is 16.4 Å². The summed E-state index contributed by atoms with van der Waals surface area (Å²) in [4.78, 5) is 29.8. The number of thiophene rings is 1. The normalized spacial score (nSPS) is 11.2. The van der Waals surface area contributed by atoms with Crippen LogP contribution in [0.15, 0.2) is 81.3 Å². The van der Waals surface area contributed by atoms with E-state index in [0.717, 1.165) is 22.3 Å². The fourth-order valence-electron chi connectivity index (χ4n) is 3.73. The molecule has 0 aliphatic rings. The van der Waals surface area contributed by atoms with Gasteiger partial charge in [0, 0.05) is 10.9 Å². The molecule has 0 unspecified atom stereocenters. The van der Waals surface area contributed by atoms with Gasteiger partial charge in [0.25, 0.3) is 5.56 Å². The molecule has 0 amide bonds. The molecule has 0 atom stereocenters. The quantitative estimate of drug-likeness (QED) is 0.392. The van der Waals surface area contributed by atoms with E-state index in [9.17, 15) is 9.59 Å². The maximum atomic E-state index is 13.4. The molecule has 7 heteroatoms. The van der Waals surface area contributed by atoms with E-state index in [2.05, 4.69) is 17.1 Å². The average molecular weight is 442 g/mol. The Morgan fingerprint density at radius 3 is 2.38 bits per heavy atom. The number of furan rings is 1. The molecule has 0 aliphatic carbocycles. The Balaban J connectivity index is 1.55. The minimum Gasteiger partial charge on any atom is -0.475 e. The van der Waals surface area contributed by atoms with Crippen LogP contribution >= 0.6 is 11.3 Å². The van der Waals surface area contributed by atoms with Crippen molar-refractivity contribution in [3.05, 3.63) is 99.8 Å². The highest BCUT2D eigenvalue weighted by atomic mass is 32.1. The second-order valence-electron chi connectivity index (χ2n) is 7.39. The molecule has 0 radical (unpaired) electrons. The number of rotatable bonds is 5. The van der Waals surface area contributed by atoms with Crippen LogP contribution in [-0.2, 0) is 6.54 Å². The summed E-state index contributed by atoms with van der Waals surface area (Å²) in [5.41, 5.74) is 3.84. The highest BCUT2D eigenvalue weighted by Gasteiger charge is 2.17. The zero-order valence-electron chi connectivity index (χ0n) is 17.1. The van der Waals surface area contributed by atoms with Gasteiger partial charge in [-0.05, 0) is 35.7 Å². The van der Waals surface area contributed by atoms with Crippen molar-refractivity contribution in [1.29, 1.82) is 0 Å². The first-order chi connectivity index (χ1) is 15.5. The minimum absolute atomic E-state index is 0.114. The molecule has 5 aromatic rings. The van der Waals surface area contributed by atoms with Gasteiger partial charge in [0.05, 0.1) is 11.9 Å². The van der Waals surface area contributed by atoms with Crippen molar-refractivity contribution < 1.29 is 14.3 Å². The Hall–Kier alpha value is -3.97. The standard InChI is InChI=1S/C25H18N2O4S/c1-15-26-23-22(24(28)27(15)13-19-11-12-21(31-19)25(29)30)20(14-32-23)18-9-7-17(8-10-18)16-5-3-2-4-6-16/h2-12,14H,13H2,1H3,(H,29,30). The molecule has 0 saturated heterocycles. The number of hydrogen-bond donors (Lipinski definition) is 1. The summed E-state index contributed by atoms with van der Waals surface area (Å²) in [6.07, 6.45) is 0. The van der Waals surface area contributed by atoms with E-state index in [1.54, 1.807) is 13.0 Å². The first-order valence-electron chi connectivity index (χ1n) is 9.98. The lowest BCUT2D eigenvalue weighted by atomic mass is 10.0. The smallest absolute Gasteiger partial charge is 0.371 e. The average Bonchev–Trinajstić information content (AvgIpc) is 3.45. The van der Waals surface area contributed by atoms with Crippen LogP contribution in [0.5, 0.6) is 0 Å². The number of aromatic nitrogens is 2. The van der Waals surface area contributed by atoms with Gasteiger partial charge in [-0.3, -0.25) is 9.36 Å². The van der Waals surface area contributed by atoms with Gasteiger partial charge < -0.3 is 9.52 Å². The second kappa shape index (κ2) is 7.94. The Morgan fingerprint density at radius 1 is 1.00 bits per heavy atom. The fourth-order valence-corrected chi connectivity index (χ4v) is 4.71. The summed E-state index contributed by atoms with van der Waals surface area (Å²) in [7, 11) is 0. The van der Waals surface area contributed by atoms with Gasteiger partial charge in [0.2, 0.25) is 5.76 Å². The van der Waals surface area contributed by atoms with Gasteiger partial charge in [-0.2, -0.15) is 0 Å². The Kier molecular flexibility index (Phi) is 4.95. The molecule has 0 bridgehead atoms. The highest BCUT2D eigenvalue weighted by molar-refractivity contribution is 7.17. The number of carbonyl (C=O) groups is 1. The number of carboxylic acids is 1. The first-order valence-corrected chi connectivity index (χ1v) is 10.9. The third-order valence-corrected chi connectivity index (χ3v) is 6.25. The maximum Gasteiger partial charge on any atom is 0.371 e.